The molecule has 2 atom stereocenters. The topological polar surface area (TPSA) is 37.8 Å². The number of thioether (sulfide) groups is 1. The first kappa shape index (κ1) is 20.8. The Kier molecular flexibility index (Phi) is 7.97. The Morgan fingerprint density at radius 1 is 1.23 bits per heavy atom. The third kappa shape index (κ3) is 4.80. The van der Waals surface area contributed by atoms with Crippen molar-refractivity contribution < 1.29 is 8.78 Å². The van der Waals surface area contributed by atoms with Gasteiger partial charge in [-0.3, -0.25) is 0 Å². The van der Waals surface area contributed by atoms with E-state index in [9.17, 15) is 8.78 Å². The van der Waals surface area contributed by atoms with E-state index in [2.05, 4.69) is 29.4 Å². The monoisotopic (exact) mass is 379 g/mol. The van der Waals surface area contributed by atoms with E-state index in [1.54, 1.807) is 17.8 Å². The molecule has 0 radical (unpaired) electrons. The number of hydrogen-bond acceptors (Lipinski definition) is 4. The number of benzene rings is 1. The van der Waals surface area contributed by atoms with Crippen LogP contribution in [0.5, 0.6) is 0 Å². The highest BCUT2D eigenvalue weighted by Gasteiger charge is 2.27. The molecule has 0 aliphatic heterocycles. The van der Waals surface area contributed by atoms with Crippen molar-refractivity contribution in [1.29, 1.82) is 0 Å². The normalized spacial score (nSPS) is 17.1. The van der Waals surface area contributed by atoms with Crippen LogP contribution in [0.2, 0.25) is 0 Å². The van der Waals surface area contributed by atoms with Crippen molar-refractivity contribution in [2.75, 3.05) is 19.1 Å². The summed E-state index contributed by atoms with van der Waals surface area (Å²) in [6, 6.07) is 5.96. The van der Waals surface area contributed by atoms with E-state index in [1.807, 2.05) is 12.5 Å². The van der Waals surface area contributed by atoms with Gasteiger partial charge in [-0.15, -0.1) is 0 Å². The number of nitrogens with zero attached hydrogens (tertiary/aromatic N) is 2. The number of halogens is 2. The smallest absolute Gasteiger partial charge is 0.135 e. The Balaban J connectivity index is 0.000000758. The molecule has 1 aliphatic rings. The van der Waals surface area contributed by atoms with E-state index in [4.69, 9.17) is 0 Å². The van der Waals surface area contributed by atoms with Crippen LogP contribution in [-0.2, 0) is 6.42 Å². The Labute approximate surface area is 159 Å². The fraction of sp³-hybridized carbons (Fsp3) is 0.500. The minimum Gasteiger partial charge on any atom is -0.314 e. The summed E-state index contributed by atoms with van der Waals surface area (Å²) in [7, 11) is 0. The lowest BCUT2D eigenvalue weighted by atomic mass is 9.82. The number of likely N-dealkylation sites (N-methyl/N-ethyl adjacent to an activating group) is 1. The van der Waals surface area contributed by atoms with Gasteiger partial charge in [-0.05, 0) is 69.0 Å². The zero-order valence-electron chi connectivity index (χ0n) is 15.9. The van der Waals surface area contributed by atoms with Crippen molar-refractivity contribution in [3.05, 3.63) is 47.2 Å². The maximum absolute atomic E-state index is 14.0. The Hall–Kier alpha value is -1.53. The highest BCUT2D eigenvalue weighted by Crippen LogP contribution is 2.34. The third-order valence-corrected chi connectivity index (χ3v) is 4.57. The number of rotatable bonds is 4. The van der Waals surface area contributed by atoms with Crippen molar-refractivity contribution in [2.45, 2.75) is 45.1 Å². The number of hydrogen-bond donors (Lipinski definition) is 1. The van der Waals surface area contributed by atoms with Crippen molar-refractivity contribution in [3.8, 4) is 11.3 Å². The van der Waals surface area contributed by atoms with E-state index in [0.717, 1.165) is 37.1 Å². The average Bonchev–Trinajstić information content (AvgIpc) is 2.62. The van der Waals surface area contributed by atoms with Gasteiger partial charge in [-0.25, -0.2) is 8.78 Å². The lowest BCUT2D eigenvalue weighted by Crippen LogP contribution is -2.34. The van der Waals surface area contributed by atoms with Crippen LogP contribution in [-0.4, -0.2) is 35.3 Å². The van der Waals surface area contributed by atoms with Gasteiger partial charge >= 0.3 is 0 Å². The molecule has 3 nitrogen and oxygen atoms in total. The van der Waals surface area contributed by atoms with E-state index < -0.39 is 11.6 Å². The third-order valence-electron chi connectivity index (χ3n) is 4.57. The summed E-state index contributed by atoms with van der Waals surface area (Å²) < 4.78 is 27.9. The first-order chi connectivity index (χ1) is 12.5. The first-order valence-electron chi connectivity index (χ1n) is 8.97. The maximum Gasteiger partial charge on any atom is 0.135 e. The van der Waals surface area contributed by atoms with Crippen LogP contribution in [0.4, 0.5) is 8.78 Å². The predicted molar refractivity (Wildman–Crippen MR) is 106 cm³/mol. The highest BCUT2D eigenvalue weighted by atomic mass is 32.2. The largest absolute Gasteiger partial charge is 0.314 e. The predicted octanol–water partition coefficient (Wildman–Crippen LogP) is 4.82. The van der Waals surface area contributed by atoms with Crippen molar-refractivity contribution in [1.82, 2.24) is 15.5 Å². The van der Waals surface area contributed by atoms with Gasteiger partial charge in [0.05, 0.1) is 17.0 Å². The molecule has 1 N–H and O–H groups in total. The lowest BCUT2D eigenvalue weighted by Gasteiger charge is -2.29. The molecule has 6 heteroatoms. The van der Waals surface area contributed by atoms with Crippen LogP contribution < -0.4 is 5.32 Å². The quantitative estimate of drug-likeness (QED) is 0.827. The first-order valence-corrected chi connectivity index (χ1v) is 10.6. The van der Waals surface area contributed by atoms with Crippen LogP contribution in [0.3, 0.4) is 0 Å². The molecule has 0 bridgehead atoms. The summed E-state index contributed by atoms with van der Waals surface area (Å²) in [5.74, 6) is -0.911. The summed E-state index contributed by atoms with van der Waals surface area (Å²) in [6.45, 7) is 5.13. The second-order valence-electron chi connectivity index (χ2n) is 6.49. The summed E-state index contributed by atoms with van der Waals surface area (Å²) in [5.41, 5.74) is 2.20. The summed E-state index contributed by atoms with van der Waals surface area (Å²) in [5, 5.41) is 11.9. The minimum atomic E-state index is -0.604. The van der Waals surface area contributed by atoms with Gasteiger partial charge in [-0.1, -0.05) is 13.0 Å². The molecule has 26 heavy (non-hydrogen) atoms. The number of fused-ring (bicyclic) bond motifs is 1. The number of aromatic nitrogens is 2. The van der Waals surface area contributed by atoms with Gasteiger partial charge in [0.15, 0.2) is 0 Å². The molecule has 0 saturated carbocycles. The van der Waals surface area contributed by atoms with Gasteiger partial charge in [0.1, 0.15) is 11.6 Å². The Bertz CT molecular complexity index is 704. The number of aryl methyl sites for hydroxylation is 1. The molecule has 1 aromatic heterocycles. The zero-order chi connectivity index (χ0) is 19.1. The average molecular weight is 380 g/mol. The van der Waals surface area contributed by atoms with Gasteiger partial charge in [0.25, 0.3) is 0 Å². The molecular weight excluding hydrogens is 352 g/mol. The standard InChI is InChI=1S/C18H21F2N3.C2H6S/c1-3-21-11(2)13-7-4-6-12-10-16(22-23-18(12)13)17-14(19)8-5-9-15(17)20;1-3-2/h5,8-11,13,21H,3-4,6-7H2,1-2H3;1-2H3. The summed E-state index contributed by atoms with van der Waals surface area (Å²) in [6.07, 6.45) is 7.07. The van der Waals surface area contributed by atoms with Crippen LogP contribution in [0.15, 0.2) is 24.3 Å². The SMILES string of the molecule is CCNC(C)C1CCCc2cc(-c3c(F)cccc3F)nnc21.CSC. The molecule has 0 saturated heterocycles. The van der Waals surface area contributed by atoms with Gasteiger partial charge in [-0.2, -0.15) is 22.0 Å². The van der Waals surface area contributed by atoms with Crippen LogP contribution in [0.1, 0.15) is 43.9 Å². The minimum absolute atomic E-state index is 0.0929. The molecule has 0 spiro atoms. The maximum atomic E-state index is 14.0. The Morgan fingerprint density at radius 3 is 2.50 bits per heavy atom. The molecule has 2 aromatic rings. The fourth-order valence-electron chi connectivity index (χ4n) is 3.42. The van der Waals surface area contributed by atoms with E-state index in [0.29, 0.717) is 12.0 Å². The van der Waals surface area contributed by atoms with Crippen molar-refractivity contribution >= 4 is 11.8 Å². The Morgan fingerprint density at radius 2 is 1.88 bits per heavy atom. The molecular formula is C20H27F2N3S. The van der Waals surface area contributed by atoms with Crippen molar-refractivity contribution in [2.24, 2.45) is 0 Å². The van der Waals surface area contributed by atoms with Crippen LogP contribution >= 0.6 is 11.8 Å². The van der Waals surface area contributed by atoms with Gasteiger partial charge in [0, 0.05) is 12.0 Å². The fourth-order valence-corrected chi connectivity index (χ4v) is 3.42. The molecule has 2 unspecified atom stereocenters. The van der Waals surface area contributed by atoms with Crippen molar-refractivity contribution in [3.63, 3.8) is 0 Å². The molecule has 1 aliphatic carbocycles. The van der Waals surface area contributed by atoms with Gasteiger partial charge < -0.3 is 5.32 Å². The van der Waals surface area contributed by atoms with E-state index in [1.165, 1.54) is 18.2 Å². The van der Waals surface area contributed by atoms with Crippen LogP contribution in [0.25, 0.3) is 11.3 Å². The lowest BCUT2D eigenvalue weighted by molar-refractivity contribution is 0.410. The molecule has 1 heterocycles. The van der Waals surface area contributed by atoms with Crippen LogP contribution in [0, 0.1) is 11.6 Å². The number of nitrogens with one attached hydrogen (secondary N) is 1. The molecule has 0 amide bonds. The second kappa shape index (κ2) is 9.97. The van der Waals surface area contributed by atoms with E-state index in [-0.39, 0.29) is 11.3 Å². The molecule has 3 rings (SSSR count). The molecule has 1 aromatic carbocycles. The second-order valence-corrected chi connectivity index (χ2v) is 7.31. The molecule has 0 fully saturated rings. The summed E-state index contributed by atoms with van der Waals surface area (Å²) in [4.78, 5) is 0. The zero-order valence-corrected chi connectivity index (χ0v) is 16.7. The molecule has 142 valence electrons. The van der Waals surface area contributed by atoms with E-state index >= 15 is 0 Å². The van der Waals surface area contributed by atoms with Gasteiger partial charge in [0.2, 0.25) is 0 Å². The highest BCUT2D eigenvalue weighted by molar-refractivity contribution is 7.97. The summed E-state index contributed by atoms with van der Waals surface area (Å²) >= 11 is 1.75.